The average Bonchev–Trinajstić information content (AvgIpc) is 3.27. The van der Waals surface area contributed by atoms with Crippen molar-refractivity contribution in [3.63, 3.8) is 0 Å². The molecule has 2 aromatic rings. The second-order valence-electron chi connectivity index (χ2n) is 9.79. The van der Waals surface area contributed by atoms with Gasteiger partial charge in [-0.25, -0.2) is 0 Å². The van der Waals surface area contributed by atoms with Gasteiger partial charge in [-0.15, -0.1) is 0 Å². The van der Waals surface area contributed by atoms with Crippen molar-refractivity contribution in [1.82, 2.24) is 9.80 Å². The van der Waals surface area contributed by atoms with Crippen molar-refractivity contribution in [2.75, 3.05) is 34.4 Å². The number of methoxy groups -OCH3 is 2. The first-order chi connectivity index (χ1) is 16.9. The van der Waals surface area contributed by atoms with Crippen molar-refractivity contribution in [2.24, 2.45) is 0 Å². The molecule has 6 heteroatoms. The highest BCUT2D eigenvalue weighted by molar-refractivity contribution is 5.89. The third kappa shape index (κ3) is 5.01. The van der Waals surface area contributed by atoms with E-state index >= 15 is 0 Å². The van der Waals surface area contributed by atoms with Gasteiger partial charge in [0.05, 0.1) is 7.11 Å². The summed E-state index contributed by atoms with van der Waals surface area (Å²) in [7, 11) is 5.28. The van der Waals surface area contributed by atoms with Gasteiger partial charge < -0.3 is 24.4 Å². The van der Waals surface area contributed by atoms with E-state index in [9.17, 15) is 9.90 Å². The fourth-order valence-electron chi connectivity index (χ4n) is 5.56. The number of carbonyl (C=O) groups is 1. The van der Waals surface area contributed by atoms with Gasteiger partial charge in [0.15, 0.2) is 5.60 Å². The van der Waals surface area contributed by atoms with E-state index < -0.39 is 11.2 Å². The van der Waals surface area contributed by atoms with E-state index in [2.05, 4.69) is 36.2 Å². The normalized spacial score (nSPS) is 27.0. The topological polar surface area (TPSA) is 62.2 Å². The summed E-state index contributed by atoms with van der Waals surface area (Å²) >= 11 is 0. The number of ether oxygens (including phenoxy) is 2. The molecule has 6 nitrogen and oxygen atoms in total. The first-order valence-electron chi connectivity index (χ1n) is 12.5. The molecule has 1 aliphatic carbocycles. The second kappa shape index (κ2) is 10.5. The highest BCUT2D eigenvalue weighted by Crippen LogP contribution is 2.56. The van der Waals surface area contributed by atoms with Crippen LogP contribution in [0.25, 0.3) is 10.8 Å². The van der Waals surface area contributed by atoms with Crippen molar-refractivity contribution >= 4 is 16.7 Å². The van der Waals surface area contributed by atoms with Crippen LogP contribution in [-0.2, 0) is 20.8 Å². The molecule has 1 saturated carbocycles. The molecule has 1 amide bonds. The molecule has 35 heavy (non-hydrogen) atoms. The predicted octanol–water partition coefficient (Wildman–Crippen LogP) is 4.28. The van der Waals surface area contributed by atoms with Crippen LogP contribution in [0.2, 0.25) is 0 Å². The molecular formula is C29H38N2O4. The maximum atomic E-state index is 13.5. The number of carbonyl (C=O) groups excluding carboxylic acids is 1. The fraction of sp³-hybridized carbons (Fsp3) is 0.483. The summed E-state index contributed by atoms with van der Waals surface area (Å²) in [5.74, 6) is 0.458. The number of nitrogens with zero attached hydrogens (tertiary/aromatic N) is 2. The fourth-order valence-corrected chi connectivity index (χ4v) is 5.56. The first-order valence-corrected chi connectivity index (χ1v) is 12.5. The summed E-state index contributed by atoms with van der Waals surface area (Å²) in [6.07, 6.45) is 8.54. The molecule has 1 aliphatic heterocycles. The van der Waals surface area contributed by atoms with E-state index in [4.69, 9.17) is 9.47 Å². The number of hydrogen-bond acceptors (Lipinski definition) is 5. The van der Waals surface area contributed by atoms with Crippen LogP contribution in [0, 0.1) is 0 Å². The van der Waals surface area contributed by atoms with Crippen molar-refractivity contribution in [3.8, 4) is 0 Å². The third-order valence-electron chi connectivity index (χ3n) is 7.78. The minimum atomic E-state index is -1.27. The zero-order chi connectivity index (χ0) is 25.1. The molecule has 0 radical (unpaired) electrons. The molecule has 188 valence electrons. The van der Waals surface area contributed by atoms with Crippen molar-refractivity contribution < 1.29 is 19.4 Å². The lowest BCUT2D eigenvalue weighted by molar-refractivity contribution is -0.126. The summed E-state index contributed by atoms with van der Waals surface area (Å²) in [6.45, 7) is 4.14. The van der Waals surface area contributed by atoms with E-state index in [-0.39, 0.29) is 5.91 Å². The van der Waals surface area contributed by atoms with E-state index in [1.54, 1.807) is 26.4 Å². The summed E-state index contributed by atoms with van der Waals surface area (Å²) in [5, 5.41) is 13.5. The smallest absolute Gasteiger partial charge is 0.246 e. The van der Waals surface area contributed by atoms with Gasteiger partial charge in [-0.2, -0.15) is 0 Å². The van der Waals surface area contributed by atoms with Crippen molar-refractivity contribution in [2.45, 2.75) is 56.4 Å². The second-order valence-corrected chi connectivity index (χ2v) is 9.79. The maximum Gasteiger partial charge on any atom is 0.246 e. The standard InChI is InChI=1S/C29H38N2O4/c1-5-26(34-3)29(35-4)21-28(29,33)17-15-27(32)31(19-16-24-13-9-18-30(24)2)20-23-12-8-11-22-10-6-7-14-25(22)23/h5-8,10-12,14-15,17,24,33H,9,13,16,18-21H2,1-4H3/b17-15+,26-5+. The van der Waals surface area contributed by atoms with Gasteiger partial charge in [-0.1, -0.05) is 42.5 Å². The van der Waals surface area contributed by atoms with Crippen molar-refractivity contribution in [1.29, 1.82) is 0 Å². The Morgan fingerprint density at radius 3 is 2.69 bits per heavy atom. The number of fused-ring (bicyclic) bond motifs is 1. The lowest BCUT2D eigenvalue weighted by Gasteiger charge is -2.26. The van der Waals surface area contributed by atoms with Gasteiger partial charge in [0.1, 0.15) is 11.4 Å². The maximum absolute atomic E-state index is 13.5. The molecule has 1 heterocycles. The SMILES string of the molecule is C/C=C(/OC)C1(OC)CC1(O)/C=C/C(=O)N(CCC1CCCN1C)Cc1cccc2ccccc12. The molecule has 0 spiro atoms. The number of likely N-dealkylation sites (tertiary alicyclic amines) is 1. The van der Waals surface area contributed by atoms with Crippen LogP contribution in [-0.4, -0.2) is 72.4 Å². The number of amides is 1. The van der Waals surface area contributed by atoms with Gasteiger partial charge in [0.2, 0.25) is 5.91 Å². The van der Waals surface area contributed by atoms with Gasteiger partial charge in [-0.3, -0.25) is 4.79 Å². The summed E-state index contributed by atoms with van der Waals surface area (Å²) < 4.78 is 11.1. The molecule has 4 rings (SSSR count). The first kappa shape index (κ1) is 25.4. The molecule has 1 saturated heterocycles. The monoisotopic (exact) mass is 478 g/mol. The third-order valence-corrected chi connectivity index (χ3v) is 7.78. The lowest BCUT2D eigenvalue weighted by Crippen LogP contribution is -2.35. The lowest BCUT2D eigenvalue weighted by atomic mass is 10.0. The Bertz CT molecular complexity index is 1110. The van der Waals surface area contributed by atoms with Crippen LogP contribution in [0.3, 0.4) is 0 Å². The van der Waals surface area contributed by atoms with Crippen molar-refractivity contribution in [3.05, 3.63) is 72.0 Å². The van der Waals surface area contributed by atoms with E-state index in [0.29, 0.717) is 31.3 Å². The number of rotatable bonds is 10. The molecule has 2 aliphatic rings. The molecule has 0 aromatic heterocycles. The highest BCUT2D eigenvalue weighted by atomic mass is 16.6. The molecule has 2 aromatic carbocycles. The quantitative estimate of drug-likeness (QED) is 0.408. The van der Waals surface area contributed by atoms with Gasteiger partial charge in [-0.05, 0) is 68.3 Å². The Morgan fingerprint density at radius 2 is 2.00 bits per heavy atom. The van der Waals surface area contributed by atoms with Crippen LogP contribution in [0.15, 0.2) is 66.5 Å². The summed E-state index contributed by atoms with van der Waals surface area (Å²) in [5.41, 5.74) is -1.09. The highest BCUT2D eigenvalue weighted by Gasteiger charge is 2.70. The Kier molecular flexibility index (Phi) is 7.64. The molecule has 3 unspecified atom stereocenters. The molecule has 2 fully saturated rings. The van der Waals surface area contributed by atoms with Crippen LogP contribution in [0.1, 0.15) is 38.2 Å². The Balaban J connectivity index is 1.55. The number of aliphatic hydroxyl groups is 1. The molecule has 3 atom stereocenters. The zero-order valence-electron chi connectivity index (χ0n) is 21.4. The van der Waals surface area contributed by atoms with Crippen LogP contribution >= 0.6 is 0 Å². The number of hydrogen-bond donors (Lipinski definition) is 1. The minimum Gasteiger partial charge on any atom is -0.498 e. The predicted molar refractivity (Wildman–Crippen MR) is 139 cm³/mol. The summed E-state index contributed by atoms with van der Waals surface area (Å²) in [4.78, 5) is 17.8. The van der Waals surface area contributed by atoms with Gasteiger partial charge in [0.25, 0.3) is 0 Å². The van der Waals surface area contributed by atoms with Gasteiger partial charge >= 0.3 is 0 Å². The average molecular weight is 479 g/mol. The van der Waals surface area contributed by atoms with E-state index in [1.165, 1.54) is 24.3 Å². The van der Waals surface area contributed by atoms with Crippen LogP contribution in [0.5, 0.6) is 0 Å². The molecule has 0 bridgehead atoms. The van der Waals surface area contributed by atoms with E-state index in [1.807, 2.05) is 30.0 Å². The van der Waals surface area contributed by atoms with Crippen LogP contribution in [0.4, 0.5) is 0 Å². The zero-order valence-corrected chi connectivity index (χ0v) is 21.4. The Morgan fingerprint density at radius 1 is 1.23 bits per heavy atom. The number of benzene rings is 2. The van der Waals surface area contributed by atoms with Crippen LogP contribution < -0.4 is 0 Å². The number of allylic oxidation sites excluding steroid dienone is 1. The van der Waals surface area contributed by atoms with Gasteiger partial charge in [0, 0.05) is 38.7 Å². The van der Waals surface area contributed by atoms with E-state index in [0.717, 1.165) is 23.9 Å². The largest absolute Gasteiger partial charge is 0.498 e. The Hall–Kier alpha value is -2.67. The summed E-state index contributed by atoms with van der Waals surface area (Å²) in [6, 6.07) is 15.0. The molecular weight excluding hydrogens is 440 g/mol. The Labute approximate surface area is 208 Å². The minimum absolute atomic E-state index is 0.108. The molecule has 1 N–H and O–H groups in total.